The van der Waals surface area contributed by atoms with Crippen molar-refractivity contribution in [2.24, 2.45) is 5.92 Å². The Morgan fingerprint density at radius 3 is 2.62 bits per heavy atom. The first-order valence-electron chi connectivity index (χ1n) is 7.52. The van der Waals surface area contributed by atoms with Crippen LogP contribution >= 0.6 is 0 Å². The van der Waals surface area contributed by atoms with Crippen molar-refractivity contribution in [2.45, 2.75) is 18.9 Å². The SMILES string of the molecule is CN(C(=O)C1CNC1)C1CCCN(c2ccccc2)C1=O. The van der Waals surface area contributed by atoms with Gasteiger partial charge in [-0.2, -0.15) is 0 Å². The molecule has 2 saturated heterocycles. The van der Waals surface area contributed by atoms with Crippen LogP contribution in [0.5, 0.6) is 0 Å². The van der Waals surface area contributed by atoms with Crippen LogP contribution in [0.2, 0.25) is 0 Å². The Bertz CT molecular complexity index is 528. The first kappa shape index (κ1) is 14.1. The van der Waals surface area contributed by atoms with Gasteiger partial charge in [-0.05, 0) is 25.0 Å². The van der Waals surface area contributed by atoms with Crippen molar-refractivity contribution in [1.82, 2.24) is 10.2 Å². The fraction of sp³-hybridized carbons (Fsp3) is 0.500. The van der Waals surface area contributed by atoms with E-state index in [0.29, 0.717) is 0 Å². The molecule has 5 heteroatoms. The highest BCUT2D eigenvalue weighted by atomic mass is 16.2. The largest absolute Gasteiger partial charge is 0.333 e. The molecular weight excluding hydrogens is 266 g/mol. The Morgan fingerprint density at radius 1 is 1.29 bits per heavy atom. The molecule has 0 spiro atoms. The van der Waals surface area contributed by atoms with E-state index < -0.39 is 0 Å². The van der Waals surface area contributed by atoms with Gasteiger partial charge in [0.1, 0.15) is 6.04 Å². The van der Waals surface area contributed by atoms with Gasteiger partial charge in [0.25, 0.3) is 0 Å². The van der Waals surface area contributed by atoms with Crippen LogP contribution in [0.25, 0.3) is 0 Å². The fourth-order valence-electron chi connectivity index (χ4n) is 2.98. The number of carbonyl (C=O) groups excluding carboxylic acids is 2. The van der Waals surface area contributed by atoms with Crippen LogP contribution in [0, 0.1) is 5.92 Å². The van der Waals surface area contributed by atoms with Crippen molar-refractivity contribution < 1.29 is 9.59 Å². The predicted octanol–water partition coefficient (Wildman–Crippen LogP) is 0.860. The van der Waals surface area contributed by atoms with Crippen LogP contribution in [-0.4, -0.2) is 49.4 Å². The molecule has 0 saturated carbocycles. The van der Waals surface area contributed by atoms with Gasteiger partial charge >= 0.3 is 0 Å². The zero-order valence-electron chi connectivity index (χ0n) is 12.3. The third-order valence-corrected chi connectivity index (χ3v) is 4.42. The van der Waals surface area contributed by atoms with E-state index in [9.17, 15) is 9.59 Å². The van der Waals surface area contributed by atoms with Crippen LogP contribution < -0.4 is 10.2 Å². The fourth-order valence-corrected chi connectivity index (χ4v) is 2.98. The highest BCUT2D eigenvalue weighted by molar-refractivity contribution is 6.00. The molecule has 0 bridgehead atoms. The number of para-hydroxylation sites is 1. The van der Waals surface area contributed by atoms with Crippen LogP contribution in [0.15, 0.2) is 30.3 Å². The number of nitrogens with zero attached hydrogens (tertiary/aromatic N) is 2. The summed E-state index contributed by atoms with van der Waals surface area (Å²) >= 11 is 0. The second-order valence-electron chi connectivity index (χ2n) is 5.79. The number of benzene rings is 1. The summed E-state index contributed by atoms with van der Waals surface area (Å²) in [4.78, 5) is 28.5. The number of amides is 2. The number of hydrogen-bond donors (Lipinski definition) is 1. The third kappa shape index (κ3) is 2.65. The van der Waals surface area contributed by atoms with Crippen molar-refractivity contribution in [3.63, 3.8) is 0 Å². The molecule has 1 unspecified atom stereocenters. The molecule has 112 valence electrons. The van der Waals surface area contributed by atoms with Crippen molar-refractivity contribution in [3.8, 4) is 0 Å². The Balaban J connectivity index is 1.74. The van der Waals surface area contributed by atoms with Gasteiger partial charge in [0.2, 0.25) is 11.8 Å². The molecule has 3 rings (SSSR count). The van der Waals surface area contributed by atoms with Gasteiger partial charge in [0, 0.05) is 32.4 Å². The van der Waals surface area contributed by atoms with Crippen LogP contribution in [0.3, 0.4) is 0 Å². The van der Waals surface area contributed by atoms with E-state index in [1.807, 2.05) is 30.3 Å². The average Bonchev–Trinajstić information content (AvgIpc) is 2.46. The summed E-state index contributed by atoms with van der Waals surface area (Å²) < 4.78 is 0. The van der Waals surface area contributed by atoms with Gasteiger partial charge in [-0.1, -0.05) is 18.2 Å². The maximum absolute atomic E-state index is 12.7. The minimum absolute atomic E-state index is 0.0369. The van der Waals surface area contributed by atoms with E-state index in [2.05, 4.69) is 5.32 Å². The number of piperidine rings is 1. The Hall–Kier alpha value is -1.88. The Morgan fingerprint density at radius 2 is 2.00 bits per heavy atom. The molecule has 2 heterocycles. The monoisotopic (exact) mass is 287 g/mol. The Labute approximate surface area is 124 Å². The van der Waals surface area contributed by atoms with E-state index in [1.54, 1.807) is 16.8 Å². The molecule has 1 atom stereocenters. The molecule has 0 radical (unpaired) electrons. The molecule has 1 aromatic carbocycles. The van der Waals surface area contributed by atoms with Gasteiger partial charge < -0.3 is 15.1 Å². The van der Waals surface area contributed by atoms with E-state index in [-0.39, 0.29) is 23.8 Å². The predicted molar refractivity (Wildman–Crippen MR) is 80.9 cm³/mol. The molecule has 2 fully saturated rings. The summed E-state index contributed by atoms with van der Waals surface area (Å²) in [6.07, 6.45) is 1.68. The number of rotatable bonds is 3. The van der Waals surface area contributed by atoms with Crippen LogP contribution in [0.1, 0.15) is 12.8 Å². The highest BCUT2D eigenvalue weighted by Crippen LogP contribution is 2.24. The molecule has 0 aliphatic carbocycles. The number of nitrogens with one attached hydrogen (secondary N) is 1. The van der Waals surface area contributed by atoms with Crippen LogP contribution in [0.4, 0.5) is 5.69 Å². The molecule has 21 heavy (non-hydrogen) atoms. The average molecular weight is 287 g/mol. The second-order valence-corrected chi connectivity index (χ2v) is 5.79. The summed E-state index contributed by atoms with van der Waals surface area (Å²) in [6.45, 7) is 2.19. The topological polar surface area (TPSA) is 52.7 Å². The summed E-state index contributed by atoms with van der Waals surface area (Å²) in [5.41, 5.74) is 0.915. The van der Waals surface area contributed by atoms with Crippen molar-refractivity contribution in [1.29, 1.82) is 0 Å². The van der Waals surface area contributed by atoms with E-state index in [4.69, 9.17) is 0 Å². The minimum atomic E-state index is -0.327. The van der Waals surface area contributed by atoms with Crippen molar-refractivity contribution in [3.05, 3.63) is 30.3 Å². The first-order chi connectivity index (χ1) is 10.2. The summed E-state index contributed by atoms with van der Waals surface area (Å²) in [7, 11) is 1.76. The van der Waals surface area contributed by atoms with Gasteiger partial charge in [-0.25, -0.2) is 0 Å². The number of anilines is 1. The molecule has 2 aliphatic heterocycles. The van der Waals surface area contributed by atoms with E-state index in [0.717, 1.165) is 38.2 Å². The molecule has 2 aliphatic rings. The van der Waals surface area contributed by atoms with Crippen molar-refractivity contribution >= 4 is 17.5 Å². The second kappa shape index (κ2) is 5.85. The quantitative estimate of drug-likeness (QED) is 0.897. The molecular formula is C16H21N3O2. The molecule has 1 N–H and O–H groups in total. The van der Waals surface area contributed by atoms with Crippen molar-refractivity contribution in [2.75, 3.05) is 31.6 Å². The molecule has 1 aromatic rings. The lowest BCUT2D eigenvalue weighted by atomic mass is 9.97. The lowest BCUT2D eigenvalue weighted by Gasteiger charge is -2.39. The molecule has 0 aromatic heterocycles. The van der Waals surface area contributed by atoms with Gasteiger partial charge in [-0.3, -0.25) is 9.59 Å². The smallest absolute Gasteiger partial charge is 0.249 e. The van der Waals surface area contributed by atoms with Gasteiger partial charge in [0.15, 0.2) is 0 Å². The standard InChI is InChI=1S/C16H21N3O2/c1-18(15(20)12-10-17-11-12)14-8-5-9-19(16(14)21)13-6-3-2-4-7-13/h2-4,6-7,12,14,17H,5,8-11H2,1H3. The zero-order valence-corrected chi connectivity index (χ0v) is 12.3. The first-order valence-corrected chi connectivity index (χ1v) is 7.52. The Kier molecular flexibility index (Phi) is 3.92. The lowest BCUT2D eigenvalue weighted by molar-refractivity contribution is -0.143. The maximum Gasteiger partial charge on any atom is 0.249 e. The minimum Gasteiger partial charge on any atom is -0.333 e. The lowest BCUT2D eigenvalue weighted by Crippen LogP contribution is -2.58. The van der Waals surface area contributed by atoms with Gasteiger partial charge in [0.05, 0.1) is 5.92 Å². The molecule has 2 amide bonds. The summed E-state index contributed by atoms with van der Waals surface area (Å²) in [5, 5.41) is 3.10. The number of carbonyl (C=O) groups is 2. The highest BCUT2D eigenvalue weighted by Gasteiger charge is 2.37. The molecule has 5 nitrogen and oxygen atoms in total. The zero-order chi connectivity index (χ0) is 14.8. The number of hydrogen-bond acceptors (Lipinski definition) is 3. The summed E-state index contributed by atoms with van der Waals surface area (Å²) in [6, 6.07) is 9.36. The maximum atomic E-state index is 12.7. The normalized spacial score (nSPS) is 22.8. The van der Waals surface area contributed by atoms with E-state index in [1.165, 1.54) is 0 Å². The van der Waals surface area contributed by atoms with Gasteiger partial charge in [-0.15, -0.1) is 0 Å². The third-order valence-electron chi connectivity index (χ3n) is 4.42. The number of likely N-dealkylation sites (N-methyl/N-ethyl adjacent to an activating group) is 1. The van der Waals surface area contributed by atoms with Crippen LogP contribution in [-0.2, 0) is 9.59 Å². The van der Waals surface area contributed by atoms with E-state index >= 15 is 0 Å². The summed E-state index contributed by atoms with van der Waals surface area (Å²) in [5.74, 6) is 0.160.